The van der Waals surface area contributed by atoms with Crippen molar-refractivity contribution in [3.8, 4) is 0 Å². The van der Waals surface area contributed by atoms with E-state index >= 15 is 0 Å². The van der Waals surface area contributed by atoms with Crippen molar-refractivity contribution in [2.75, 3.05) is 0 Å². The van der Waals surface area contributed by atoms with Gasteiger partial charge in [-0.1, -0.05) is 13.8 Å². The average Bonchev–Trinajstić information content (AvgIpc) is 1.96. The maximum atomic E-state index is 11.1. The van der Waals surface area contributed by atoms with Crippen molar-refractivity contribution in [2.45, 2.75) is 46.6 Å². The van der Waals surface area contributed by atoms with E-state index in [4.69, 9.17) is 4.74 Å². The van der Waals surface area contributed by atoms with E-state index in [1.54, 1.807) is 20.8 Å². The molecular weight excluding hydrogens is 196 g/mol. The van der Waals surface area contributed by atoms with Gasteiger partial charge < -0.3 is 4.74 Å². The second-order valence-corrected chi connectivity index (χ2v) is 4.77. The molecule has 0 spiro atoms. The molecule has 0 aliphatic heterocycles. The molecule has 0 atom stereocenters. The molecule has 88 valence electrons. The van der Waals surface area contributed by atoms with Gasteiger partial charge in [-0.15, -0.1) is 0 Å². The summed E-state index contributed by atoms with van der Waals surface area (Å²) in [7, 11) is 0. The molecule has 15 heavy (non-hydrogen) atoms. The normalized spacial score (nSPS) is 11.1. The Morgan fingerprint density at radius 1 is 1.20 bits per heavy atom. The van der Waals surface area contributed by atoms with E-state index in [9.17, 15) is 9.59 Å². The Morgan fingerprint density at radius 3 is 2.13 bits per heavy atom. The van der Waals surface area contributed by atoms with Crippen molar-refractivity contribution in [2.24, 2.45) is 5.92 Å². The van der Waals surface area contributed by atoms with Crippen LogP contribution in [0.15, 0.2) is 0 Å². The molecular formula is C10H20N2O3. The minimum atomic E-state index is -0.653. The summed E-state index contributed by atoms with van der Waals surface area (Å²) < 4.78 is 4.93. The summed E-state index contributed by atoms with van der Waals surface area (Å²) in [6.07, 6.45) is -0.282. The smallest absolute Gasteiger partial charge is 0.426 e. The van der Waals surface area contributed by atoms with E-state index in [-0.39, 0.29) is 11.8 Å². The standard InChI is InChI=1S/C10H20N2O3/c1-7(2)6-8(13)11-12-9(14)15-10(3,4)5/h7H,6H2,1-5H3,(H,11,13)(H,12,14). The Morgan fingerprint density at radius 2 is 1.73 bits per heavy atom. The van der Waals surface area contributed by atoms with Crippen LogP contribution in [0, 0.1) is 5.92 Å². The molecule has 0 radical (unpaired) electrons. The second kappa shape index (κ2) is 5.58. The fourth-order valence-corrected chi connectivity index (χ4v) is 0.846. The molecule has 0 unspecified atom stereocenters. The SMILES string of the molecule is CC(C)CC(=O)NNC(=O)OC(C)(C)C. The molecule has 0 fully saturated rings. The summed E-state index contributed by atoms with van der Waals surface area (Å²) in [5.41, 5.74) is 3.89. The highest BCUT2D eigenvalue weighted by Crippen LogP contribution is 2.05. The lowest BCUT2D eigenvalue weighted by Crippen LogP contribution is -2.44. The van der Waals surface area contributed by atoms with Crippen molar-refractivity contribution >= 4 is 12.0 Å². The van der Waals surface area contributed by atoms with Gasteiger partial charge in [0.25, 0.3) is 0 Å². The van der Waals surface area contributed by atoms with Gasteiger partial charge in [-0.2, -0.15) is 0 Å². The number of ether oxygens (including phenoxy) is 1. The Kier molecular flexibility index (Phi) is 5.11. The van der Waals surface area contributed by atoms with Crippen LogP contribution < -0.4 is 10.9 Å². The predicted octanol–water partition coefficient (Wildman–Crippen LogP) is 1.59. The predicted molar refractivity (Wildman–Crippen MR) is 57.0 cm³/mol. The largest absolute Gasteiger partial charge is 0.443 e. The molecule has 2 N–H and O–H groups in total. The van der Waals surface area contributed by atoms with Gasteiger partial charge in [-0.05, 0) is 26.7 Å². The van der Waals surface area contributed by atoms with Crippen LogP contribution in [0.5, 0.6) is 0 Å². The number of carbonyl (C=O) groups excluding carboxylic acids is 2. The van der Waals surface area contributed by atoms with Crippen LogP contribution in [-0.4, -0.2) is 17.6 Å². The summed E-state index contributed by atoms with van der Waals surface area (Å²) in [4.78, 5) is 22.2. The van der Waals surface area contributed by atoms with Crippen LogP contribution >= 0.6 is 0 Å². The monoisotopic (exact) mass is 216 g/mol. The lowest BCUT2D eigenvalue weighted by atomic mass is 10.1. The zero-order valence-corrected chi connectivity index (χ0v) is 10.0. The third-order valence-corrected chi connectivity index (χ3v) is 1.30. The highest BCUT2D eigenvalue weighted by Gasteiger charge is 2.16. The maximum absolute atomic E-state index is 11.1. The molecule has 0 saturated carbocycles. The molecule has 0 aromatic carbocycles. The first-order valence-corrected chi connectivity index (χ1v) is 4.98. The minimum absolute atomic E-state index is 0.226. The first-order chi connectivity index (χ1) is 6.70. The quantitative estimate of drug-likeness (QED) is 0.689. The highest BCUT2D eigenvalue weighted by molar-refractivity contribution is 5.79. The average molecular weight is 216 g/mol. The van der Waals surface area contributed by atoms with E-state index in [1.807, 2.05) is 13.8 Å². The van der Waals surface area contributed by atoms with Gasteiger partial charge >= 0.3 is 6.09 Å². The summed E-state index contributed by atoms with van der Waals surface area (Å²) >= 11 is 0. The van der Waals surface area contributed by atoms with E-state index < -0.39 is 11.7 Å². The van der Waals surface area contributed by atoms with Gasteiger partial charge in [0.05, 0.1) is 0 Å². The van der Waals surface area contributed by atoms with Crippen LogP contribution in [-0.2, 0) is 9.53 Å². The van der Waals surface area contributed by atoms with Crippen LogP contribution in [0.4, 0.5) is 4.79 Å². The van der Waals surface area contributed by atoms with Crippen molar-refractivity contribution < 1.29 is 14.3 Å². The third-order valence-electron chi connectivity index (χ3n) is 1.30. The van der Waals surface area contributed by atoms with Crippen LogP contribution in [0.1, 0.15) is 41.0 Å². The van der Waals surface area contributed by atoms with E-state index in [1.165, 1.54) is 0 Å². The molecule has 0 rings (SSSR count). The molecule has 0 aliphatic carbocycles. The number of hydrazine groups is 1. The van der Waals surface area contributed by atoms with Crippen LogP contribution in [0.25, 0.3) is 0 Å². The number of hydrogen-bond donors (Lipinski definition) is 2. The van der Waals surface area contributed by atoms with Crippen molar-refractivity contribution in [3.63, 3.8) is 0 Å². The Hall–Kier alpha value is -1.26. The van der Waals surface area contributed by atoms with E-state index in [2.05, 4.69) is 10.9 Å². The van der Waals surface area contributed by atoms with Gasteiger partial charge in [0, 0.05) is 6.42 Å². The molecule has 0 saturated heterocycles. The number of rotatable bonds is 2. The summed E-state index contributed by atoms with van der Waals surface area (Å²) in [5, 5.41) is 0. The van der Waals surface area contributed by atoms with Crippen LogP contribution in [0.3, 0.4) is 0 Å². The fourth-order valence-electron chi connectivity index (χ4n) is 0.846. The van der Waals surface area contributed by atoms with Gasteiger partial charge in [-0.3, -0.25) is 10.2 Å². The maximum Gasteiger partial charge on any atom is 0.426 e. The molecule has 0 aromatic heterocycles. The lowest BCUT2D eigenvalue weighted by molar-refractivity contribution is -0.122. The second-order valence-electron chi connectivity index (χ2n) is 4.77. The van der Waals surface area contributed by atoms with E-state index in [0.29, 0.717) is 6.42 Å². The first-order valence-electron chi connectivity index (χ1n) is 4.98. The molecule has 0 aliphatic rings. The number of amides is 2. The zero-order chi connectivity index (χ0) is 12.1. The van der Waals surface area contributed by atoms with Gasteiger partial charge in [-0.25, -0.2) is 10.2 Å². The van der Waals surface area contributed by atoms with Crippen molar-refractivity contribution in [3.05, 3.63) is 0 Å². The third kappa shape index (κ3) is 9.05. The molecule has 2 amide bonds. The summed E-state index contributed by atoms with van der Waals surface area (Å²) in [6.45, 7) is 9.10. The van der Waals surface area contributed by atoms with Crippen LogP contribution in [0.2, 0.25) is 0 Å². The minimum Gasteiger partial charge on any atom is -0.443 e. The fraction of sp³-hybridized carbons (Fsp3) is 0.800. The summed E-state index contributed by atoms with van der Waals surface area (Å²) in [6, 6.07) is 0. The molecule has 5 nitrogen and oxygen atoms in total. The first kappa shape index (κ1) is 13.7. The Bertz CT molecular complexity index is 231. The van der Waals surface area contributed by atoms with Crippen molar-refractivity contribution in [1.29, 1.82) is 0 Å². The van der Waals surface area contributed by atoms with Crippen molar-refractivity contribution in [1.82, 2.24) is 10.9 Å². The summed E-state index contributed by atoms with van der Waals surface area (Å²) in [5.74, 6) is 0.0290. The number of carbonyl (C=O) groups is 2. The molecule has 0 aromatic rings. The van der Waals surface area contributed by atoms with Gasteiger partial charge in [0.1, 0.15) is 5.60 Å². The lowest BCUT2D eigenvalue weighted by Gasteiger charge is -2.19. The molecule has 0 heterocycles. The number of nitrogens with one attached hydrogen (secondary N) is 2. The highest BCUT2D eigenvalue weighted by atomic mass is 16.6. The zero-order valence-electron chi connectivity index (χ0n) is 10.0. The molecule has 5 heteroatoms. The topological polar surface area (TPSA) is 67.4 Å². The Balaban J connectivity index is 3.77. The molecule has 0 bridgehead atoms. The Labute approximate surface area is 90.5 Å². The van der Waals surface area contributed by atoms with E-state index in [0.717, 1.165) is 0 Å². The van der Waals surface area contributed by atoms with Gasteiger partial charge in [0.2, 0.25) is 5.91 Å². The number of hydrogen-bond acceptors (Lipinski definition) is 3. The van der Waals surface area contributed by atoms with Gasteiger partial charge in [0.15, 0.2) is 0 Å².